The third kappa shape index (κ3) is 4.10. The van der Waals surface area contributed by atoms with Crippen LogP contribution < -0.4 is 0 Å². The summed E-state index contributed by atoms with van der Waals surface area (Å²) in [6.45, 7) is 0. The van der Waals surface area contributed by atoms with Gasteiger partial charge in [-0.2, -0.15) is 0 Å². The summed E-state index contributed by atoms with van der Waals surface area (Å²) in [6, 6.07) is 0. The van der Waals surface area contributed by atoms with Crippen molar-refractivity contribution >= 4 is 12.2 Å². The number of carbonyl (C=O) groups is 2. The molecule has 0 bridgehead atoms. The number of rotatable bonds is 0. The second-order valence-corrected chi connectivity index (χ2v) is 0.823. The zero-order valence-electron chi connectivity index (χ0n) is 4.01. The molecule has 48 valence electrons. The number of amides is 1. The van der Waals surface area contributed by atoms with Crippen LogP contribution in [0.3, 0.4) is 0 Å². The van der Waals surface area contributed by atoms with Crippen LogP contribution in [-0.2, 0) is 4.74 Å². The first kappa shape index (κ1) is 7.25. The molecule has 0 aromatic carbocycles. The molecule has 0 heterocycles. The maximum atomic E-state index is 9.83. The van der Waals surface area contributed by atoms with Gasteiger partial charge < -0.3 is 9.84 Å². The molecule has 0 aliphatic carbocycles. The third-order valence-electron chi connectivity index (χ3n) is 0.301. The lowest BCUT2D eigenvalue weighted by Gasteiger charge is -1.85. The van der Waals surface area contributed by atoms with Gasteiger partial charge in [0.05, 0.1) is 0 Å². The Hall–Kier alpha value is -1.75. The van der Waals surface area contributed by atoms with Crippen LogP contribution in [0.4, 0.5) is 9.59 Å². The van der Waals surface area contributed by atoms with Gasteiger partial charge in [0.15, 0.2) is 0 Å². The Morgan fingerprint density at radius 1 is 1.67 bits per heavy atom. The minimum absolute atomic E-state index is 1.48. The molecule has 7 nitrogen and oxygen atoms in total. The summed E-state index contributed by atoms with van der Waals surface area (Å²) in [7, 11) is 0. The molecule has 7 heteroatoms. The van der Waals surface area contributed by atoms with Gasteiger partial charge in [0.25, 0.3) is 0 Å². The number of carboxylic acid groups (broad SMARTS) is 1. The minimum atomic E-state index is -1.80. The average Bonchev–Trinajstić information content (AvgIpc) is 1.63. The topological polar surface area (TPSA) is 112 Å². The summed E-state index contributed by atoms with van der Waals surface area (Å²) in [5.74, 6) is 0. The highest BCUT2D eigenvalue weighted by atomic mass is 16.7. The molecule has 0 spiro atoms. The van der Waals surface area contributed by atoms with E-state index in [2.05, 4.69) is 9.85 Å². The van der Waals surface area contributed by atoms with E-state index in [-0.39, 0.29) is 0 Å². The van der Waals surface area contributed by atoms with E-state index in [1.807, 2.05) is 4.91 Å². The van der Waals surface area contributed by atoms with Crippen LogP contribution >= 0.6 is 0 Å². The average molecular weight is 131 g/mol. The van der Waals surface area contributed by atoms with Crippen molar-refractivity contribution in [1.82, 2.24) is 0 Å². The zero-order chi connectivity index (χ0) is 7.28. The summed E-state index contributed by atoms with van der Waals surface area (Å²) < 4.78 is 3.35. The number of carbonyl (C=O) groups excluding carboxylic acids is 1. The molecule has 0 atom stereocenters. The van der Waals surface area contributed by atoms with E-state index >= 15 is 0 Å². The fourth-order valence-corrected chi connectivity index (χ4v) is 0.132. The molecular formula is C2HN3O4. The summed E-state index contributed by atoms with van der Waals surface area (Å²) in [5.41, 5.74) is 7.51. The van der Waals surface area contributed by atoms with Gasteiger partial charge in [-0.25, -0.2) is 9.59 Å². The van der Waals surface area contributed by atoms with E-state index in [1.54, 1.807) is 0 Å². The van der Waals surface area contributed by atoms with Gasteiger partial charge in [-0.15, -0.1) is 0 Å². The predicted molar refractivity (Wildman–Crippen MR) is 23.7 cm³/mol. The summed E-state index contributed by atoms with van der Waals surface area (Å²) in [6.07, 6.45) is -3.28. The number of ether oxygens (including phenoxy) is 1. The molecule has 0 aromatic rings. The molecule has 1 amide bonds. The molecule has 9 heavy (non-hydrogen) atoms. The third-order valence-corrected chi connectivity index (χ3v) is 0.301. The Labute approximate surface area is 48.5 Å². The first-order valence-corrected chi connectivity index (χ1v) is 1.66. The second kappa shape index (κ2) is 3.28. The molecular weight excluding hydrogens is 130 g/mol. The standard InChI is InChI=1S/C2HN3O4/c3-5-4-1(6)9-2(7)8/h(H,7,8). The summed E-state index contributed by atoms with van der Waals surface area (Å²) in [5, 5.41) is 9.99. The number of nitrogens with zero attached hydrogens (tertiary/aromatic N) is 3. The van der Waals surface area contributed by atoms with E-state index < -0.39 is 12.2 Å². The van der Waals surface area contributed by atoms with Gasteiger partial charge in [-0.3, -0.25) is 0 Å². The van der Waals surface area contributed by atoms with E-state index in [4.69, 9.17) is 10.6 Å². The SMILES string of the molecule is [N-]=[N+]=NC(=O)OC(=O)O. The monoisotopic (exact) mass is 131 g/mol. The normalized spacial score (nSPS) is 7.11. The quantitative estimate of drug-likeness (QED) is 0.174. The lowest BCUT2D eigenvalue weighted by atomic mass is 11.2. The zero-order valence-corrected chi connectivity index (χ0v) is 4.01. The van der Waals surface area contributed by atoms with Crippen LogP contribution in [0.25, 0.3) is 10.4 Å². The summed E-state index contributed by atoms with van der Waals surface area (Å²) in [4.78, 5) is 21.3. The minimum Gasteiger partial charge on any atom is -0.449 e. The fourth-order valence-electron chi connectivity index (χ4n) is 0.132. The van der Waals surface area contributed by atoms with Crippen molar-refractivity contribution in [1.29, 1.82) is 0 Å². The van der Waals surface area contributed by atoms with Crippen LogP contribution in [0.15, 0.2) is 5.11 Å². The molecule has 0 aromatic heterocycles. The van der Waals surface area contributed by atoms with Gasteiger partial charge in [-0.1, -0.05) is 0 Å². The van der Waals surface area contributed by atoms with Crippen LogP contribution in [-0.4, -0.2) is 17.4 Å². The summed E-state index contributed by atoms with van der Waals surface area (Å²) >= 11 is 0. The number of azide groups is 1. The maximum absolute atomic E-state index is 9.83. The smallest absolute Gasteiger partial charge is 0.449 e. The first-order valence-electron chi connectivity index (χ1n) is 1.66. The Bertz CT molecular complexity index is 180. The highest BCUT2D eigenvalue weighted by Crippen LogP contribution is 1.83. The van der Waals surface area contributed by atoms with Gasteiger partial charge in [-0.05, 0) is 5.53 Å². The predicted octanol–water partition coefficient (Wildman–Crippen LogP) is 1.11. The highest BCUT2D eigenvalue weighted by molar-refractivity contribution is 5.79. The van der Waals surface area contributed by atoms with Crippen molar-refractivity contribution < 1.29 is 19.4 Å². The molecule has 0 radical (unpaired) electrons. The lowest BCUT2D eigenvalue weighted by molar-refractivity contribution is 0.114. The molecule has 0 aliphatic rings. The van der Waals surface area contributed by atoms with Gasteiger partial charge in [0.1, 0.15) is 0 Å². The molecule has 0 saturated carbocycles. The van der Waals surface area contributed by atoms with Gasteiger partial charge >= 0.3 is 12.2 Å². The van der Waals surface area contributed by atoms with Crippen LogP contribution in [0.2, 0.25) is 0 Å². The Balaban J connectivity index is 3.78. The number of hydrogen-bond donors (Lipinski definition) is 1. The van der Waals surface area contributed by atoms with Crippen LogP contribution in [0, 0.1) is 0 Å². The lowest BCUT2D eigenvalue weighted by Crippen LogP contribution is -2.03. The van der Waals surface area contributed by atoms with Crippen molar-refractivity contribution in [3.8, 4) is 0 Å². The van der Waals surface area contributed by atoms with E-state index in [0.717, 1.165) is 0 Å². The largest absolute Gasteiger partial charge is 0.513 e. The molecule has 0 fully saturated rings. The Morgan fingerprint density at radius 3 is 2.56 bits per heavy atom. The highest BCUT2D eigenvalue weighted by Gasteiger charge is 2.02. The Morgan fingerprint density at radius 2 is 2.22 bits per heavy atom. The molecule has 0 rings (SSSR count). The van der Waals surface area contributed by atoms with Crippen molar-refractivity contribution in [2.24, 2.45) is 5.11 Å². The molecule has 1 N–H and O–H groups in total. The van der Waals surface area contributed by atoms with Crippen LogP contribution in [0.5, 0.6) is 0 Å². The first-order chi connectivity index (χ1) is 4.16. The van der Waals surface area contributed by atoms with Crippen molar-refractivity contribution in [2.45, 2.75) is 0 Å². The maximum Gasteiger partial charge on any atom is 0.513 e. The number of hydrogen-bond acceptors (Lipinski definition) is 3. The second-order valence-electron chi connectivity index (χ2n) is 0.823. The molecule has 0 unspecified atom stereocenters. The van der Waals surface area contributed by atoms with Gasteiger partial charge in [0.2, 0.25) is 0 Å². The van der Waals surface area contributed by atoms with Crippen molar-refractivity contribution in [2.75, 3.05) is 0 Å². The van der Waals surface area contributed by atoms with E-state index in [1.165, 1.54) is 0 Å². The molecule has 0 saturated heterocycles. The molecule has 0 aliphatic heterocycles. The fraction of sp³-hybridized carbons (Fsp3) is 0. The van der Waals surface area contributed by atoms with Crippen molar-refractivity contribution in [3.63, 3.8) is 0 Å². The van der Waals surface area contributed by atoms with E-state index in [9.17, 15) is 9.59 Å². The van der Waals surface area contributed by atoms with Gasteiger partial charge in [0, 0.05) is 10.0 Å². The van der Waals surface area contributed by atoms with E-state index in [0.29, 0.717) is 0 Å². The van der Waals surface area contributed by atoms with Crippen LogP contribution in [0.1, 0.15) is 0 Å². The Kier molecular flexibility index (Phi) is 2.64. The van der Waals surface area contributed by atoms with Crippen molar-refractivity contribution in [3.05, 3.63) is 10.4 Å².